The molecule has 0 aromatic heterocycles. The van der Waals surface area contributed by atoms with Crippen molar-refractivity contribution in [2.75, 3.05) is 19.3 Å². The molecule has 0 aliphatic rings. The molecule has 158 valence electrons. The minimum atomic E-state index is -3.26. The van der Waals surface area contributed by atoms with Crippen molar-refractivity contribution < 1.29 is 13.2 Å². The number of guanidine groups is 1. The molecule has 0 unspecified atom stereocenters. The second kappa shape index (κ2) is 10.9. The first-order valence-corrected chi connectivity index (χ1v) is 11.5. The summed E-state index contributed by atoms with van der Waals surface area (Å²) in [5, 5.41) is 6.43. The number of hydrogen-bond donors (Lipinski definition) is 2. The van der Waals surface area contributed by atoms with Crippen LogP contribution in [0.2, 0.25) is 0 Å². The molecule has 2 rings (SSSR count). The fourth-order valence-electron chi connectivity index (χ4n) is 2.79. The SMILES string of the molecule is CN=C(NCCCS(=O)(=O)c1ccccc1)NCc1ccc(C)cc1OC(C)C. The van der Waals surface area contributed by atoms with E-state index in [1.54, 1.807) is 31.3 Å². The summed E-state index contributed by atoms with van der Waals surface area (Å²) in [4.78, 5) is 4.57. The third-order valence-electron chi connectivity index (χ3n) is 4.24. The zero-order valence-corrected chi connectivity index (χ0v) is 18.4. The standard InChI is InChI=1S/C22H31N3O3S/c1-17(2)28-21-15-18(3)11-12-19(21)16-25-22(23-4)24-13-8-14-29(26,27)20-9-6-5-7-10-20/h5-7,9-12,15,17H,8,13-14,16H2,1-4H3,(H2,23,24,25). The maximum atomic E-state index is 12.3. The van der Waals surface area contributed by atoms with Crippen LogP contribution in [0.15, 0.2) is 58.4 Å². The number of aliphatic imine (C=N–C) groups is 1. The zero-order chi connectivity index (χ0) is 21.3. The lowest BCUT2D eigenvalue weighted by atomic mass is 10.1. The summed E-state index contributed by atoms with van der Waals surface area (Å²) in [6.07, 6.45) is 0.587. The van der Waals surface area contributed by atoms with E-state index < -0.39 is 9.84 Å². The highest BCUT2D eigenvalue weighted by Gasteiger charge is 2.13. The van der Waals surface area contributed by atoms with Gasteiger partial charge in [-0.2, -0.15) is 0 Å². The largest absolute Gasteiger partial charge is 0.491 e. The van der Waals surface area contributed by atoms with Gasteiger partial charge in [-0.15, -0.1) is 0 Å². The van der Waals surface area contributed by atoms with Crippen LogP contribution >= 0.6 is 0 Å². The lowest BCUT2D eigenvalue weighted by Gasteiger charge is -2.17. The lowest BCUT2D eigenvalue weighted by Crippen LogP contribution is -2.37. The summed E-state index contributed by atoms with van der Waals surface area (Å²) in [5.41, 5.74) is 2.19. The van der Waals surface area contributed by atoms with Crippen molar-refractivity contribution in [3.05, 3.63) is 59.7 Å². The van der Waals surface area contributed by atoms with Gasteiger partial charge in [-0.3, -0.25) is 4.99 Å². The molecule has 0 spiro atoms. The van der Waals surface area contributed by atoms with Crippen LogP contribution in [0.25, 0.3) is 0 Å². The molecular weight excluding hydrogens is 386 g/mol. The third-order valence-corrected chi connectivity index (χ3v) is 6.06. The predicted octanol–water partition coefficient (Wildman–Crippen LogP) is 3.31. The van der Waals surface area contributed by atoms with Gasteiger partial charge in [0.1, 0.15) is 5.75 Å². The number of aryl methyl sites for hydroxylation is 1. The molecule has 0 saturated carbocycles. The average molecular weight is 418 g/mol. The van der Waals surface area contributed by atoms with Crippen molar-refractivity contribution in [3.63, 3.8) is 0 Å². The van der Waals surface area contributed by atoms with Crippen LogP contribution in [-0.2, 0) is 16.4 Å². The van der Waals surface area contributed by atoms with Crippen LogP contribution < -0.4 is 15.4 Å². The molecular formula is C22H31N3O3S. The first kappa shape index (κ1) is 22.7. The highest BCUT2D eigenvalue weighted by Crippen LogP contribution is 2.21. The molecule has 0 saturated heterocycles. The maximum Gasteiger partial charge on any atom is 0.191 e. The molecule has 0 atom stereocenters. The maximum absolute atomic E-state index is 12.3. The molecule has 0 aliphatic carbocycles. The average Bonchev–Trinajstić information content (AvgIpc) is 2.69. The summed E-state index contributed by atoms with van der Waals surface area (Å²) < 4.78 is 30.5. The van der Waals surface area contributed by atoms with Gasteiger partial charge in [0.25, 0.3) is 0 Å². The van der Waals surface area contributed by atoms with Crippen molar-refractivity contribution in [2.24, 2.45) is 4.99 Å². The van der Waals surface area contributed by atoms with E-state index in [2.05, 4.69) is 21.7 Å². The third kappa shape index (κ3) is 7.42. The Hall–Kier alpha value is -2.54. The van der Waals surface area contributed by atoms with E-state index in [4.69, 9.17) is 4.74 Å². The van der Waals surface area contributed by atoms with Gasteiger partial charge < -0.3 is 15.4 Å². The molecule has 0 bridgehead atoms. The minimum Gasteiger partial charge on any atom is -0.491 e. The second-order valence-electron chi connectivity index (χ2n) is 7.12. The Morgan fingerprint density at radius 3 is 2.48 bits per heavy atom. The van der Waals surface area contributed by atoms with Crippen molar-refractivity contribution in [1.29, 1.82) is 0 Å². The first-order valence-electron chi connectivity index (χ1n) is 9.80. The monoisotopic (exact) mass is 417 g/mol. The van der Waals surface area contributed by atoms with Gasteiger partial charge in [-0.05, 0) is 51.0 Å². The van der Waals surface area contributed by atoms with Crippen LogP contribution in [0.3, 0.4) is 0 Å². The Kier molecular flexibility index (Phi) is 8.51. The van der Waals surface area contributed by atoms with Crippen molar-refractivity contribution in [1.82, 2.24) is 10.6 Å². The van der Waals surface area contributed by atoms with E-state index in [1.807, 2.05) is 39.0 Å². The minimum absolute atomic E-state index is 0.0886. The Morgan fingerprint density at radius 1 is 1.10 bits per heavy atom. The number of benzene rings is 2. The van der Waals surface area contributed by atoms with E-state index in [1.165, 1.54) is 0 Å². The molecule has 2 aromatic carbocycles. The highest BCUT2D eigenvalue weighted by molar-refractivity contribution is 7.91. The lowest BCUT2D eigenvalue weighted by molar-refractivity contribution is 0.239. The molecule has 2 aromatic rings. The van der Waals surface area contributed by atoms with E-state index >= 15 is 0 Å². The molecule has 6 nitrogen and oxygen atoms in total. The quantitative estimate of drug-likeness (QED) is 0.372. The predicted molar refractivity (Wildman–Crippen MR) is 118 cm³/mol. The molecule has 0 radical (unpaired) electrons. The summed E-state index contributed by atoms with van der Waals surface area (Å²) in [7, 11) is -1.57. The second-order valence-corrected chi connectivity index (χ2v) is 9.22. The van der Waals surface area contributed by atoms with Gasteiger partial charge in [0.05, 0.1) is 16.8 Å². The van der Waals surface area contributed by atoms with Gasteiger partial charge in [-0.25, -0.2) is 8.42 Å². The summed E-state index contributed by atoms with van der Waals surface area (Å²) in [5.74, 6) is 1.57. The fraction of sp³-hybridized carbons (Fsp3) is 0.409. The van der Waals surface area contributed by atoms with E-state index in [0.29, 0.717) is 30.4 Å². The smallest absolute Gasteiger partial charge is 0.191 e. The van der Waals surface area contributed by atoms with Crippen molar-refractivity contribution in [2.45, 2.75) is 44.7 Å². The summed E-state index contributed by atoms with van der Waals surface area (Å²) >= 11 is 0. The molecule has 0 amide bonds. The van der Waals surface area contributed by atoms with E-state index in [0.717, 1.165) is 16.9 Å². The Bertz CT molecular complexity index is 910. The molecule has 0 heterocycles. The normalized spacial score (nSPS) is 12.1. The van der Waals surface area contributed by atoms with Crippen LogP contribution in [0.4, 0.5) is 0 Å². The molecule has 0 fully saturated rings. The van der Waals surface area contributed by atoms with Crippen LogP contribution in [0, 0.1) is 6.92 Å². The Labute approximate surface area is 174 Å². The Balaban J connectivity index is 1.85. The topological polar surface area (TPSA) is 79.8 Å². The summed E-state index contributed by atoms with van der Waals surface area (Å²) in [6.45, 7) is 7.11. The van der Waals surface area contributed by atoms with Crippen LogP contribution in [0.1, 0.15) is 31.4 Å². The van der Waals surface area contributed by atoms with Crippen LogP contribution in [-0.4, -0.2) is 39.8 Å². The number of sulfone groups is 1. The number of nitrogens with one attached hydrogen (secondary N) is 2. The van der Waals surface area contributed by atoms with Crippen LogP contribution in [0.5, 0.6) is 5.75 Å². The van der Waals surface area contributed by atoms with Crippen molar-refractivity contribution >= 4 is 15.8 Å². The highest BCUT2D eigenvalue weighted by atomic mass is 32.2. The van der Waals surface area contributed by atoms with Gasteiger partial charge in [0, 0.05) is 25.7 Å². The summed E-state index contributed by atoms with van der Waals surface area (Å²) in [6, 6.07) is 14.7. The number of ether oxygens (including phenoxy) is 1. The van der Waals surface area contributed by atoms with Gasteiger partial charge >= 0.3 is 0 Å². The molecule has 0 aliphatic heterocycles. The number of nitrogens with zero attached hydrogens (tertiary/aromatic N) is 1. The van der Waals surface area contributed by atoms with E-state index in [-0.39, 0.29) is 11.9 Å². The first-order chi connectivity index (χ1) is 13.8. The number of rotatable bonds is 9. The Morgan fingerprint density at radius 2 is 1.83 bits per heavy atom. The molecule has 7 heteroatoms. The van der Waals surface area contributed by atoms with E-state index in [9.17, 15) is 8.42 Å². The molecule has 29 heavy (non-hydrogen) atoms. The van der Waals surface area contributed by atoms with Gasteiger partial charge in [0.2, 0.25) is 0 Å². The number of hydrogen-bond acceptors (Lipinski definition) is 4. The zero-order valence-electron chi connectivity index (χ0n) is 17.6. The van der Waals surface area contributed by atoms with Crippen molar-refractivity contribution in [3.8, 4) is 5.75 Å². The fourth-order valence-corrected chi connectivity index (χ4v) is 4.12. The van der Waals surface area contributed by atoms with Gasteiger partial charge in [0.15, 0.2) is 15.8 Å². The van der Waals surface area contributed by atoms with Gasteiger partial charge in [-0.1, -0.05) is 30.3 Å². The molecule has 2 N–H and O–H groups in total.